The van der Waals surface area contributed by atoms with Gasteiger partial charge in [-0.2, -0.15) is 0 Å². The largest absolute Gasteiger partial charge is 0.426 e. The van der Waals surface area contributed by atoms with E-state index in [1.54, 1.807) is 25.1 Å². The first-order valence-electron chi connectivity index (χ1n) is 6.64. The van der Waals surface area contributed by atoms with Crippen LogP contribution in [-0.2, 0) is 9.59 Å². The Bertz CT molecular complexity index is 692. The van der Waals surface area contributed by atoms with Crippen molar-refractivity contribution in [1.29, 1.82) is 0 Å². The molecule has 108 valence electrons. The van der Waals surface area contributed by atoms with Crippen LogP contribution in [-0.4, -0.2) is 17.0 Å². The number of nitrogens with one attached hydrogen (secondary N) is 1. The molecule has 1 aliphatic heterocycles. The molecule has 1 N–H and O–H groups in total. The van der Waals surface area contributed by atoms with Gasteiger partial charge in [-0.1, -0.05) is 23.4 Å². The van der Waals surface area contributed by atoms with Gasteiger partial charge in [0, 0.05) is 18.4 Å². The Labute approximate surface area is 121 Å². The Kier molecular flexibility index (Phi) is 3.43. The molecule has 0 spiro atoms. The lowest BCUT2D eigenvalue weighted by Gasteiger charge is -2.23. The van der Waals surface area contributed by atoms with Gasteiger partial charge in [-0.3, -0.25) is 14.9 Å². The molecule has 2 heterocycles. The summed E-state index contributed by atoms with van der Waals surface area (Å²) < 4.78 is 10.1. The van der Waals surface area contributed by atoms with E-state index in [4.69, 9.17) is 9.26 Å². The van der Waals surface area contributed by atoms with Gasteiger partial charge in [-0.25, -0.2) is 0 Å². The zero-order valence-electron chi connectivity index (χ0n) is 11.5. The second-order valence-electron chi connectivity index (χ2n) is 5.00. The van der Waals surface area contributed by atoms with E-state index in [1.165, 1.54) is 0 Å². The molecule has 2 aromatic rings. The van der Waals surface area contributed by atoms with Crippen LogP contribution in [0.4, 0.5) is 5.88 Å². The molecule has 6 nitrogen and oxygen atoms in total. The maximum atomic E-state index is 12.1. The molecule has 0 radical (unpaired) electrons. The fraction of sp³-hybridized carbons (Fsp3) is 0.267. The van der Waals surface area contributed by atoms with Crippen molar-refractivity contribution >= 4 is 17.8 Å². The molecule has 0 saturated heterocycles. The van der Waals surface area contributed by atoms with Gasteiger partial charge in [-0.15, -0.1) is 0 Å². The maximum Gasteiger partial charge on any atom is 0.311 e. The molecule has 0 fully saturated rings. The number of amides is 1. The van der Waals surface area contributed by atoms with E-state index < -0.39 is 0 Å². The summed E-state index contributed by atoms with van der Waals surface area (Å²) in [5.41, 5.74) is 1.57. The van der Waals surface area contributed by atoms with Gasteiger partial charge in [-0.05, 0) is 18.6 Å². The Morgan fingerprint density at radius 1 is 1.43 bits per heavy atom. The molecule has 0 aliphatic carbocycles. The number of carbonyl (C=O) groups is 2. The fourth-order valence-corrected chi connectivity index (χ4v) is 2.40. The number of aromatic nitrogens is 1. The summed E-state index contributed by atoms with van der Waals surface area (Å²) in [5, 5.41) is 6.34. The third kappa shape index (κ3) is 2.94. The topological polar surface area (TPSA) is 81.4 Å². The van der Waals surface area contributed by atoms with Crippen LogP contribution in [0.1, 0.15) is 30.0 Å². The van der Waals surface area contributed by atoms with Crippen molar-refractivity contribution in [3.63, 3.8) is 0 Å². The van der Waals surface area contributed by atoms with Gasteiger partial charge >= 0.3 is 5.97 Å². The molecule has 1 aliphatic rings. The number of benzene rings is 1. The highest BCUT2D eigenvalue weighted by molar-refractivity contribution is 5.91. The molecule has 1 aromatic carbocycles. The van der Waals surface area contributed by atoms with Gasteiger partial charge < -0.3 is 9.26 Å². The first kappa shape index (κ1) is 13.4. The number of fused-ring (bicyclic) bond motifs is 1. The molecular weight excluding hydrogens is 272 g/mol. The molecular formula is C15H14N2O4. The van der Waals surface area contributed by atoms with E-state index in [9.17, 15) is 9.59 Å². The van der Waals surface area contributed by atoms with Crippen LogP contribution in [0.3, 0.4) is 0 Å². The van der Waals surface area contributed by atoms with E-state index in [0.717, 1.165) is 5.56 Å². The lowest BCUT2D eigenvalue weighted by atomic mass is 9.90. The number of esters is 1. The summed E-state index contributed by atoms with van der Waals surface area (Å²) in [6.07, 6.45) is 0.381. The standard InChI is InChI=1S/C15H14N2O4/c1-9-6-14(21-17-9)16-13(18)7-10-8-15(19)20-12-5-3-2-4-11(10)12/h2-6,10H,7-8H2,1H3,(H,16,18). The van der Waals surface area contributed by atoms with Crippen LogP contribution < -0.4 is 10.1 Å². The second kappa shape index (κ2) is 5.40. The summed E-state index contributed by atoms with van der Waals surface area (Å²) in [6, 6.07) is 8.91. The Morgan fingerprint density at radius 3 is 3.00 bits per heavy atom. The predicted molar refractivity (Wildman–Crippen MR) is 73.9 cm³/mol. The molecule has 0 bridgehead atoms. The van der Waals surface area contributed by atoms with E-state index in [-0.39, 0.29) is 30.6 Å². The van der Waals surface area contributed by atoms with Gasteiger partial charge in [0.05, 0.1) is 12.1 Å². The van der Waals surface area contributed by atoms with E-state index in [1.807, 2.05) is 12.1 Å². The maximum absolute atomic E-state index is 12.1. The quantitative estimate of drug-likeness (QED) is 0.692. The van der Waals surface area contributed by atoms with Crippen LogP contribution in [0.2, 0.25) is 0 Å². The minimum Gasteiger partial charge on any atom is -0.426 e. The molecule has 0 saturated carbocycles. The lowest BCUT2D eigenvalue weighted by Crippen LogP contribution is -2.24. The third-order valence-electron chi connectivity index (χ3n) is 3.32. The van der Waals surface area contributed by atoms with E-state index in [2.05, 4.69) is 10.5 Å². The zero-order valence-corrected chi connectivity index (χ0v) is 11.5. The molecule has 1 aromatic heterocycles. The average molecular weight is 286 g/mol. The average Bonchev–Trinajstić information content (AvgIpc) is 2.83. The van der Waals surface area contributed by atoms with Crippen molar-refractivity contribution in [2.75, 3.05) is 5.32 Å². The Morgan fingerprint density at radius 2 is 2.24 bits per heavy atom. The zero-order chi connectivity index (χ0) is 14.8. The Hall–Kier alpha value is -2.63. The van der Waals surface area contributed by atoms with Crippen molar-refractivity contribution in [2.45, 2.75) is 25.7 Å². The molecule has 6 heteroatoms. The number of hydrogen-bond donors (Lipinski definition) is 1. The second-order valence-corrected chi connectivity index (χ2v) is 5.00. The number of rotatable bonds is 3. The van der Waals surface area contributed by atoms with E-state index >= 15 is 0 Å². The van der Waals surface area contributed by atoms with Crippen LogP contribution in [0.15, 0.2) is 34.9 Å². The van der Waals surface area contributed by atoms with E-state index in [0.29, 0.717) is 17.3 Å². The fourth-order valence-electron chi connectivity index (χ4n) is 2.40. The van der Waals surface area contributed by atoms with Crippen molar-refractivity contribution in [3.8, 4) is 5.75 Å². The van der Waals surface area contributed by atoms with Crippen LogP contribution >= 0.6 is 0 Å². The van der Waals surface area contributed by atoms with Gasteiger partial charge in [0.2, 0.25) is 11.8 Å². The Balaban J connectivity index is 1.72. The summed E-state index contributed by atoms with van der Waals surface area (Å²) in [5.74, 6) is 0.111. The van der Waals surface area contributed by atoms with Gasteiger partial charge in [0.1, 0.15) is 5.75 Å². The highest BCUT2D eigenvalue weighted by Gasteiger charge is 2.28. The molecule has 21 heavy (non-hydrogen) atoms. The first-order valence-corrected chi connectivity index (χ1v) is 6.64. The normalized spacial score (nSPS) is 17.0. The van der Waals surface area contributed by atoms with Crippen molar-refractivity contribution in [2.24, 2.45) is 0 Å². The molecule has 1 atom stereocenters. The summed E-state index contributed by atoms with van der Waals surface area (Å²) in [7, 11) is 0. The molecule has 3 rings (SSSR count). The summed E-state index contributed by atoms with van der Waals surface area (Å²) in [4.78, 5) is 23.7. The number of hydrogen-bond acceptors (Lipinski definition) is 5. The van der Waals surface area contributed by atoms with Crippen molar-refractivity contribution < 1.29 is 18.8 Å². The third-order valence-corrected chi connectivity index (χ3v) is 3.32. The number of para-hydroxylation sites is 1. The van der Waals surface area contributed by atoms with Crippen LogP contribution in [0, 0.1) is 6.92 Å². The number of anilines is 1. The smallest absolute Gasteiger partial charge is 0.311 e. The van der Waals surface area contributed by atoms with Gasteiger partial charge in [0.15, 0.2) is 0 Å². The molecule has 1 amide bonds. The van der Waals surface area contributed by atoms with Gasteiger partial charge in [0.25, 0.3) is 0 Å². The highest BCUT2D eigenvalue weighted by Crippen LogP contribution is 2.36. The minimum absolute atomic E-state index is 0.186. The van der Waals surface area contributed by atoms with Crippen molar-refractivity contribution in [3.05, 3.63) is 41.6 Å². The monoisotopic (exact) mass is 286 g/mol. The minimum atomic E-state index is -0.318. The van der Waals surface area contributed by atoms with Crippen LogP contribution in [0.25, 0.3) is 0 Å². The van der Waals surface area contributed by atoms with Crippen LogP contribution in [0.5, 0.6) is 5.75 Å². The SMILES string of the molecule is Cc1cc(NC(=O)CC2CC(=O)Oc3ccccc32)on1. The van der Waals surface area contributed by atoms with Crippen molar-refractivity contribution in [1.82, 2.24) is 5.16 Å². The number of ether oxygens (including phenoxy) is 1. The lowest BCUT2D eigenvalue weighted by molar-refractivity contribution is -0.136. The summed E-state index contributed by atoms with van der Waals surface area (Å²) in [6.45, 7) is 1.77. The highest BCUT2D eigenvalue weighted by atomic mass is 16.5. The summed E-state index contributed by atoms with van der Waals surface area (Å²) >= 11 is 0. The predicted octanol–water partition coefficient (Wildman–Crippen LogP) is 2.40. The number of aryl methyl sites for hydroxylation is 1. The molecule has 1 unspecified atom stereocenters. The number of nitrogens with zero attached hydrogens (tertiary/aromatic N) is 1. The number of carbonyl (C=O) groups excluding carboxylic acids is 2. The first-order chi connectivity index (χ1) is 10.1.